The lowest BCUT2D eigenvalue weighted by atomic mass is 10.1. The second-order valence-corrected chi connectivity index (χ2v) is 5.58. The zero-order chi connectivity index (χ0) is 16.7. The summed E-state index contributed by atoms with van der Waals surface area (Å²) in [5, 5.41) is 3.49. The lowest BCUT2D eigenvalue weighted by Gasteiger charge is -2.10. The van der Waals surface area contributed by atoms with Crippen LogP contribution in [0.2, 0.25) is 5.02 Å². The average molecular weight is 334 g/mol. The molecule has 122 valence electrons. The van der Waals surface area contributed by atoms with Crippen molar-refractivity contribution >= 4 is 17.5 Å². The molecule has 0 aliphatic carbocycles. The summed E-state index contributed by atoms with van der Waals surface area (Å²) in [5.41, 5.74) is 2.05. The number of benzene rings is 2. The van der Waals surface area contributed by atoms with Crippen molar-refractivity contribution in [2.45, 2.75) is 13.3 Å². The molecule has 1 N–H and O–H groups in total. The van der Waals surface area contributed by atoms with E-state index in [1.165, 1.54) is 0 Å². The van der Waals surface area contributed by atoms with Gasteiger partial charge in [-0.1, -0.05) is 23.7 Å². The Bertz CT molecular complexity index is 656. The van der Waals surface area contributed by atoms with E-state index in [4.69, 9.17) is 21.1 Å². The molecule has 4 nitrogen and oxygen atoms in total. The standard InChI is InChI=1S/C18H20ClNO3/c1-13-11-15(19)5-8-17(13)23-12-18(21)20-10-9-14-3-6-16(22-2)7-4-14/h3-8,11H,9-10,12H2,1-2H3,(H,20,21). The van der Waals surface area contributed by atoms with Crippen molar-refractivity contribution in [3.63, 3.8) is 0 Å². The molecular formula is C18H20ClNO3. The fourth-order valence-electron chi connectivity index (χ4n) is 2.11. The highest BCUT2D eigenvalue weighted by atomic mass is 35.5. The molecule has 0 bridgehead atoms. The third-order valence-electron chi connectivity index (χ3n) is 3.39. The highest BCUT2D eigenvalue weighted by molar-refractivity contribution is 6.30. The maximum absolute atomic E-state index is 11.8. The van der Waals surface area contributed by atoms with Gasteiger partial charge in [-0.2, -0.15) is 0 Å². The van der Waals surface area contributed by atoms with Crippen LogP contribution < -0.4 is 14.8 Å². The Hall–Kier alpha value is -2.20. The van der Waals surface area contributed by atoms with Crippen LogP contribution in [-0.4, -0.2) is 26.2 Å². The van der Waals surface area contributed by atoms with Crippen molar-refractivity contribution in [1.29, 1.82) is 0 Å². The van der Waals surface area contributed by atoms with Crippen molar-refractivity contribution < 1.29 is 14.3 Å². The first-order valence-corrected chi connectivity index (χ1v) is 7.75. The highest BCUT2D eigenvalue weighted by Crippen LogP contribution is 2.21. The molecule has 2 aromatic rings. The maximum atomic E-state index is 11.8. The van der Waals surface area contributed by atoms with Gasteiger partial charge in [-0.15, -0.1) is 0 Å². The van der Waals surface area contributed by atoms with Crippen LogP contribution in [-0.2, 0) is 11.2 Å². The van der Waals surface area contributed by atoms with E-state index in [0.717, 1.165) is 23.3 Å². The Morgan fingerprint density at radius 3 is 2.57 bits per heavy atom. The van der Waals surface area contributed by atoms with Crippen LogP contribution in [0.3, 0.4) is 0 Å². The Morgan fingerprint density at radius 2 is 1.91 bits per heavy atom. The SMILES string of the molecule is COc1ccc(CCNC(=O)COc2ccc(Cl)cc2C)cc1. The van der Waals surface area contributed by atoms with E-state index < -0.39 is 0 Å². The Labute approximate surface area is 141 Å². The van der Waals surface area contributed by atoms with E-state index >= 15 is 0 Å². The minimum Gasteiger partial charge on any atom is -0.497 e. The Kier molecular flexibility index (Phi) is 6.29. The van der Waals surface area contributed by atoms with E-state index in [1.807, 2.05) is 31.2 Å². The summed E-state index contributed by atoms with van der Waals surface area (Å²) in [6.07, 6.45) is 0.760. The van der Waals surface area contributed by atoms with Crippen LogP contribution in [0.1, 0.15) is 11.1 Å². The molecule has 0 spiro atoms. The van der Waals surface area contributed by atoms with Gasteiger partial charge in [0.1, 0.15) is 11.5 Å². The van der Waals surface area contributed by atoms with Gasteiger partial charge in [0.2, 0.25) is 0 Å². The zero-order valence-electron chi connectivity index (χ0n) is 13.3. The molecule has 0 aliphatic rings. The number of hydrogen-bond acceptors (Lipinski definition) is 3. The molecule has 2 rings (SSSR count). The number of hydrogen-bond donors (Lipinski definition) is 1. The van der Waals surface area contributed by atoms with Crippen molar-refractivity contribution in [2.24, 2.45) is 0 Å². The zero-order valence-corrected chi connectivity index (χ0v) is 14.0. The van der Waals surface area contributed by atoms with Crippen molar-refractivity contribution in [3.05, 3.63) is 58.6 Å². The van der Waals surface area contributed by atoms with Crippen molar-refractivity contribution in [1.82, 2.24) is 5.32 Å². The van der Waals surface area contributed by atoms with Gasteiger partial charge >= 0.3 is 0 Å². The minimum atomic E-state index is -0.145. The van der Waals surface area contributed by atoms with E-state index in [0.29, 0.717) is 17.3 Å². The molecule has 0 unspecified atom stereocenters. The second kappa shape index (κ2) is 8.44. The summed E-state index contributed by atoms with van der Waals surface area (Å²) in [6, 6.07) is 13.1. The fourth-order valence-corrected chi connectivity index (χ4v) is 2.33. The van der Waals surface area contributed by atoms with E-state index in [2.05, 4.69) is 5.32 Å². The van der Waals surface area contributed by atoms with Crippen LogP contribution in [0, 0.1) is 6.92 Å². The van der Waals surface area contributed by atoms with Gasteiger partial charge in [0.15, 0.2) is 6.61 Å². The summed E-state index contributed by atoms with van der Waals surface area (Å²) >= 11 is 5.88. The van der Waals surface area contributed by atoms with Gasteiger partial charge in [-0.25, -0.2) is 0 Å². The maximum Gasteiger partial charge on any atom is 0.257 e. The molecule has 5 heteroatoms. The molecule has 0 heterocycles. The number of methoxy groups -OCH3 is 1. The summed E-state index contributed by atoms with van der Waals surface area (Å²) in [6.45, 7) is 2.45. The fraction of sp³-hybridized carbons (Fsp3) is 0.278. The lowest BCUT2D eigenvalue weighted by molar-refractivity contribution is -0.123. The third kappa shape index (κ3) is 5.49. The predicted molar refractivity (Wildman–Crippen MR) is 91.4 cm³/mol. The molecule has 23 heavy (non-hydrogen) atoms. The van der Waals surface area contributed by atoms with Crippen LogP contribution in [0.25, 0.3) is 0 Å². The smallest absolute Gasteiger partial charge is 0.257 e. The number of nitrogens with one attached hydrogen (secondary N) is 1. The van der Waals surface area contributed by atoms with Crippen LogP contribution >= 0.6 is 11.6 Å². The molecule has 2 aromatic carbocycles. The number of ether oxygens (including phenoxy) is 2. The van der Waals surface area contributed by atoms with Crippen LogP contribution in [0.5, 0.6) is 11.5 Å². The van der Waals surface area contributed by atoms with E-state index in [9.17, 15) is 4.79 Å². The quantitative estimate of drug-likeness (QED) is 0.844. The van der Waals surface area contributed by atoms with E-state index in [1.54, 1.807) is 25.3 Å². The number of carbonyl (C=O) groups is 1. The van der Waals surface area contributed by atoms with Crippen molar-refractivity contribution in [2.75, 3.05) is 20.3 Å². The molecule has 0 saturated carbocycles. The lowest BCUT2D eigenvalue weighted by Crippen LogP contribution is -2.30. The molecule has 0 saturated heterocycles. The molecule has 0 atom stereocenters. The van der Waals surface area contributed by atoms with Crippen LogP contribution in [0.4, 0.5) is 0 Å². The van der Waals surface area contributed by atoms with Gasteiger partial charge in [0.05, 0.1) is 7.11 Å². The predicted octanol–water partition coefficient (Wildman–Crippen LogP) is 3.39. The molecule has 0 aromatic heterocycles. The summed E-state index contributed by atoms with van der Waals surface area (Å²) in [5.74, 6) is 1.34. The number of halogens is 1. The summed E-state index contributed by atoms with van der Waals surface area (Å²) < 4.78 is 10.6. The molecule has 0 radical (unpaired) electrons. The van der Waals surface area contributed by atoms with Gasteiger partial charge in [0, 0.05) is 11.6 Å². The normalized spacial score (nSPS) is 10.2. The van der Waals surface area contributed by atoms with Gasteiger partial charge < -0.3 is 14.8 Å². The Morgan fingerprint density at radius 1 is 1.17 bits per heavy atom. The first-order valence-electron chi connectivity index (χ1n) is 7.37. The van der Waals surface area contributed by atoms with Gasteiger partial charge in [-0.3, -0.25) is 4.79 Å². The first kappa shape index (κ1) is 17.2. The Balaban J connectivity index is 1.72. The summed E-state index contributed by atoms with van der Waals surface area (Å²) in [4.78, 5) is 11.8. The highest BCUT2D eigenvalue weighted by Gasteiger charge is 2.05. The molecule has 0 aliphatic heterocycles. The average Bonchev–Trinajstić information content (AvgIpc) is 2.54. The molecule has 1 amide bonds. The van der Waals surface area contributed by atoms with Crippen molar-refractivity contribution in [3.8, 4) is 11.5 Å². The van der Waals surface area contributed by atoms with Gasteiger partial charge in [-0.05, 0) is 54.8 Å². The largest absolute Gasteiger partial charge is 0.497 e. The number of aryl methyl sites for hydroxylation is 1. The first-order chi connectivity index (χ1) is 11.1. The monoisotopic (exact) mass is 333 g/mol. The van der Waals surface area contributed by atoms with Crippen LogP contribution in [0.15, 0.2) is 42.5 Å². The number of amides is 1. The molecular weight excluding hydrogens is 314 g/mol. The number of rotatable bonds is 7. The van der Waals surface area contributed by atoms with E-state index in [-0.39, 0.29) is 12.5 Å². The number of carbonyl (C=O) groups excluding carboxylic acids is 1. The topological polar surface area (TPSA) is 47.6 Å². The third-order valence-corrected chi connectivity index (χ3v) is 3.63. The minimum absolute atomic E-state index is 0.00884. The molecule has 0 fully saturated rings. The summed E-state index contributed by atoms with van der Waals surface area (Å²) in [7, 11) is 1.64. The second-order valence-electron chi connectivity index (χ2n) is 5.15. The van der Waals surface area contributed by atoms with Gasteiger partial charge in [0.25, 0.3) is 5.91 Å².